The van der Waals surface area contributed by atoms with Crippen LogP contribution >= 0.6 is 23.1 Å². The van der Waals surface area contributed by atoms with Gasteiger partial charge >= 0.3 is 0 Å². The topological polar surface area (TPSA) is 51.0 Å². The first-order chi connectivity index (χ1) is 10.7. The van der Waals surface area contributed by atoms with Crippen LogP contribution in [0.2, 0.25) is 0 Å². The fraction of sp³-hybridized carbons (Fsp3) is 0.533. The maximum absolute atomic E-state index is 12.4. The number of hydrogen-bond donors (Lipinski definition) is 0. The zero-order chi connectivity index (χ0) is 15.5. The van der Waals surface area contributed by atoms with Gasteiger partial charge in [0, 0.05) is 19.6 Å². The van der Waals surface area contributed by atoms with Crippen molar-refractivity contribution in [3.8, 4) is 10.7 Å². The van der Waals surface area contributed by atoms with Gasteiger partial charge in [0.2, 0.25) is 5.91 Å². The molecule has 3 heterocycles. The van der Waals surface area contributed by atoms with Crippen LogP contribution in [0.25, 0.3) is 10.7 Å². The van der Waals surface area contributed by atoms with E-state index in [1.165, 1.54) is 18.2 Å². The van der Waals surface area contributed by atoms with Crippen LogP contribution in [-0.4, -0.2) is 43.9 Å². The molecule has 0 radical (unpaired) electrons. The Morgan fingerprint density at radius 2 is 2.32 bits per heavy atom. The molecule has 2 aromatic heterocycles. The summed E-state index contributed by atoms with van der Waals surface area (Å²) in [5.41, 5.74) is 0. The van der Waals surface area contributed by atoms with E-state index in [1.807, 2.05) is 34.0 Å². The van der Waals surface area contributed by atoms with Crippen molar-refractivity contribution in [3.63, 3.8) is 0 Å². The van der Waals surface area contributed by atoms with Crippen molar-refractivity contribution in [2.45, 2.75) is 37.4 Å². The standard InChI is InChI=1S/C15H20N4OS2/c1-11-6-3-4-8-19(11)13(20)10-22-15-17-16-14(18(15)2)12-7-5-9-21-12/h5,7,9,11H,3-4,6,8,10H2,1-2H3/t11-/m1/s1. The van der Waals surface area contributed by atoms with Crippen molar-refractivity contribution in [3.05, 3.63) is 17.5 Å². The first-order valence-corrected chi connectivity index (χ1v) is 9.39. The molecule has 0 aliphatic carbocycles. The molecular formula is C15H20N4OS2. The minimum Gasteiger partial charge on any atom is -0.339 e. The Balaban J connectivity index is 1.63. The summed E-state index contributed by atoms with van der Waals surface area (Å²) in [6.45, 7) is 3.03. The van der Waals surface area contributed by atoms with Gasteiger partial charge in [-0.15, -0.1) is 21.5 Å². The molecule has 1 aliphatic rings. The molecular weight excluding hydrogens is 316 g/mol. The maximum Gasteiger partial charge on any atom is 0.233 e. The largest absolute Gasteiger partial charge is 0.339 e. The second-order valence-electron chi connectivity index (χ2n) is 5.56. The molecule has 1 atom stereocenters. The number of piperidine rings is 1. The first kappa shape index (κ1) is 15.6. The number of likely N-dealkylation sites (tertiary alicyclic amines) is 1. The molecule has 5 nitrogen and oxygen atoms in total. The van der Waals surface area contributed by atoms with Gasteiger partial charge in [-0.05, 0) is 37.6 Å². The smallest absolute Gasteiger partial charge is 0.233 e. The Morgan fingerprint density at radius 1 is 1.45 bits per heavy atom. The molecule has 0 unspecified atom stereocenters. The van der Waals surface area contributed by atoms with E-state index in [2.05, 4.69) is 17.1 Å². The van der Waals surface area contributed by atoms with Crippen LogP contribution in [0, 0.1) is 0 Å². The zero-order valence-corrected chi connectivity index (χ0v) is 14.5. The van der Waals surface area contributed by atoms with Gasteiger partial charge in [-0.1, -0.05) is 17.8 Å². The van der Waals surface area contributed by atoms with Gasteiger partial charge in [0.05, 0.1) is 10.6 Å². The summed E-state index contributed by atoms with van der Waals surface area (Å²) in [7, 11) is 1.95. The normalized spacial score (nSPS) is 18.6. The summed E-state index contributed by atoms with van der Waals surface area (Å²) < 4.78 is 1.96. The van der Waals surface area contributed by atoms with Crippen molar-refractivity contribution < 1.29 is 4.79 Å². The minimum atomic E-state index is 0.206. The highest BCUT2D eigenvalue weighted by Gasteiger charge is 2.23. The van der Waals surface area contributed by atoms with Crippen LogP contribution in [0.4, 0.5) is 0 Å². The first-order valence-electron chi connectivity index (χ1n) is 7.52. The van der Waals surface area contributed by atoms with E-state index in [1.54, 1.807) is 11.3 Å². The molecule has 0 saturated carbocycles. The lowest BCUT2D eigenvalue weighted by molar-refractivity contribution is -0.131. The van der Waals surface area contributed by atoms with Crippen molar-refractivity contribution in [1.82, 2.24) is 19.7 Å². The summed E-state index contributed by atoms with van der Waals surface area (Å²) in [5, 5.41) is 11.3. The summed E-state index contributed by atoms with van der Waals surface area (Å²) >= 11 is 3.11. The summed E-state index contributed by atoms with van der Waals surface area (Å²) in [6.07, 6.45) is 3.46. The number of nitrogens with zero attached hydrogens (tertiary/aromatic N) is 4. The second kappa shape index (κ2) is 6.83. The van der Waals surface area contributed by atoms with E-state index in [0.717, 1.165) is 35.2 Å². The molecule has 1 aliphatic heterocycles. The number of carbonyl (C=O) groups excluding carboxylic acids is 1. The summed E-state index contributed by atoms with van der Waals surface area (Å²) in [6, 6.07) is 4.40. The van der Waals surface area contributed by atoms with Gasteiger partial charge in [-0.25, -0.2) is 0 Å². The molecule has 7 heteroatoms. The van der Waals surface area contributed by atoms with Crippen molar-refractivity contribution in [2.75, 3.05) is 12.3 Å². The maximum atomic E-state index is 12.4. The monoisotopic (exact) mass is 336 g/mol. The number of carbonyl (C=O) groups is 1. The van der Waals surface area contributed by atoms with E-state index < -0.39 is 0 Å². The molecule has 0 aromatic carbocycles. The minimum absolute atomic E-state index is 0.206. The highest BCUT2D eigenvalue weighted by molar-refractivity contribution is 7.99. The van der Waals surface area contributed by atoms with Gasteiger partial charge in [-0.2, -0.15) is 0 Å². The van der Waals surface area contributed by atoms with Crippen LogP contribution < -0.4 is 0 Å². The van der Waals surface area contributed by atoms with E-state index in [9.17, 15) is 4.79 Å². The third kappa shape index (κ3) is 3.20. The molecule has 0 spiro atoms. The SMILES string of the molecule is C[C@@H]1CCCCN1C(=O)CSc1nnc(-c2cccs2)n1C. The summed E-state index contributed by atoms with van der Waals surface area (Å²) in [4.78, 5) is 15.5. The van der Waals surface area contributed by atoms with Gasteiger partial charge < -0.3 is 9.47 Å². The molecule has 0 N–H and O–H groups in total. The quantitative estimate of drug-likeness (QED) is 0.805. The van der Waals surface area contributed by atoms with Crippen LogP contribution in [0.15, 0.2) is 22.7 Å². The van der Waals surface area contributed by atoms with Crippen molar-refractivity contribution in [2.24, 2.45) is 7.05 Å². The van der Waals surface area contributed by atoms with Gasteiger partial charge in [-0.3, -0.25) is 4.79 Å². The third-order valence-corrected chi connectivity index (χ3v) is 5.90. The average molecular weight is 336 g/mol. The van der Waals surface area contributed by atoms with E-state index >= 15 is 0 Å². The predicted octanol–water partition coefficient (Wildman–Crippen LogP) is 3.04. The second-order valence-corrected chi connectivity index (χ2v) is 7.45. The molecule has 0 bridgehead atoms. The van der Waals surface area contributed by atoms with E-state index in [4.69, 9.17) is 0 Å². The lowest BCUT2D eigenvalue weighted by Gasteiger charge is -2.33. The van der Waals surface area contributed by atoms with Crippen LogP contribution in [0.3, 0.4) is 0 Å². The van der Waals surface area contributed by atoms with E-state index in [-0.39, 0.29) is 5.91 Å². The zero-order valence-electron chi connectivity index (χ0n) is 12.9. The Kier molecular flexibility index (Phi) is 4.83. The number of rotatable bonds is 4. The molecule has 118 valence electrons. The fourth-order valence-electron chi connectivity index (χ4n) is 2.74. The molecule has 3 rings (SSSR count). The van der Waals surface area contributed by atoms with Crippen LogP contribution in [0.1, 0.15) is 26.2 Å². The average Bonchev–Trinajstić information content (AvgIpc) is 3.15. The Bertz CT molecular complexity index is 638. The van der Waals surface area contributed by atoms with Crippen LogP contribution in [0.5, 0.6) is 0 Å². The Labute approximate surface area is 138 Å². The number of hydrogen-bond acceptors (Lipinski definition) is 5. The number of aromatic nitrogens is 3. The predicted molar refractivity (Wildman–Crippen MR) is 90.1 cm³/mol. The molecule has 22 heavy (non-hydrogen) atoms. The molecule has 1 amide bonds. The number of thiophene rings is 1. The lowest BCUT2D eigenvalue weighted by Crippen LogP contribution is -2.42. The highest BCUT2D eigenvalue weighted by atomic mass is 32.2. The van der Waals surface area contributed by atoms with Crippen molar-refractivity contribution >= 4 is 29.0 Å². The number of thioether (sulfide) groups is 1. The van der Waals surface area contributed by atoms with Crippen LogP contribution in [-0.2, 0) is 11.8 Å². The summed E-state index contributed by atoms with van der Waals surface area (Å²) in [5.74, 6) is 1.50. The molecule has 1 fully saturated rings. The Hall–Kier alpha value is -1.34. The Morgan fingerprint density at radius 3 is 3.05 bits per heavy atom. The molecule has 1 saturated heterocycles. The lowest BCUT2D eigenvalue weighted by atomic mass is 10.0. The fourth-order valence-corrected chi connectivity index (χ4v) is 4.28. The highest BCUT2D eigenvalue weighted by Crippen LogP contribution is 2.26. The van der Waals surface area contributed by atoms with Gasteiger partial charge in [0.25, 0.3) is 0 Å². The van der Waals surface area contributed by atoms with E-state index in [0.29, 0.717) is 11.8 Å². The van der Waals surface area contributed by atoms with Gasteiger partial charge in [0.1, 0.15) is 0 Å². The molecule has 2 aromatic rings. The third-order valence-electron chi connectivity index (χ3n) is 4.02. The van der Waals surface area contributed by atoms with Crippen molar-refractivity contribution in [1.29, 1.82) is 0 Å². The van der Waals surface area contributed by atoms with Gasteiger partial charge in [0.15, 0.2) is 11.0 Å². The number of amides is 1.